The molecule has 0 amide bonds. The molecule has 90 valence electrons. The fourth-order valence-electron chi connectivity index (χ4n) is 2.13. The standard InChI is InChI=1S/C15H25N/c1-14(2,3)11-13(15(4,5)6)12-7-9-16-10-8-12/h7-10,13H,11H2,1-6H3/t13-/m1/s1. The van der Waals surface area contributed by atoms with Crippen LogP contribution in [-0.2, 0) is 0 Å². The first-order chi connectivity index (χ1) is 7.20. The SMILES string of the molecule is CC(C)(C)C[C@H](c1ccncc1)C(C)(C)C. The van der Waals surface area contributed by atoms with Gasteiger partial charge in [-0.25, -0.2) is 0 Å². The summed E-state index contributed by atoms with van der Waals surface area (Å²) in [5, 5.41) is 0. The van der Waals surface area contributed by atoms with Gasteiger partial charge in [0.15, 0.2) is 0 Å². The van der Waals surface area contributed by atoms with Crippen LogP contribution in [0.3, 0.4) is 0 Å². The lowest BCUT2D eigenvalue weighted by Gasteiger charge is -2.36. The molecule has 0 aliphatic carbocycles. The smallest absolute Gasteiger partial charge is 0.0270 e. The number of rotatable bonds is 2. The predicted molar refractivity (Wildman–Crippen MR) is 70.5 cm³/mol. The molecule has 0 saturated carbocycles. The molecule has 0 unspecified atom stereocenters. The summed E-state index contributed by atoms with van der Waals surface area (Å²) in [6.45, 7) is 13.9. The van der Waals surface area contributed by atoms with E-state index in [2.05, 4.69) is 58.7 Å². The molecule has 1 aromatic rings. The Bertz CT molecular complexity index is 314. The minimum atomic E-state index is 0.300. The molecule has 1 rings (SSSR count). The summed E-state index contributed by atoms with van der Waals surface area (Å²) < 4.78 is 0. The first-order valence-corrected chi connectivity index (χ1v) is 6.10. The van der Waals surface area contributed by atoms with E-state index in [0.29, 0.717) is 16.7 Å². The summed E-state index contributed by atoms with van der Waals surface area (Å²) in [6.07, 6.45) is 5.01. The van der Waals surface area contributed by atoms with Gasteiger partial charge in [-0.05, 0) is 40.9 Å². The highest BCUT2D eigenvalue weighted by molar-refractivity contribution is 5.18. The van der Waals surface area contributed by atoms with Crippen LogP contribution < -0.4 is 0 Å². The number of aromatic nitrogens is 1. The lowest BCUT2D eigenvalue weighted by atomic mass is 9.69. The molecule has 1 heteroatoms. The second-order valence-electron chi connectivity index (χ2n) is 6.96. The Labute approximate surface area is 100 Å². The van der Waals surface area contributed by atoms with E-state index in [1.54, 1.807) is 0 Å². The van der Waals surface area contributed by atoms with E-state index in [1.807, 2.05) is 12.4 Å². The Balaban J connectivity index is 2.98. The predicted octanol–water partition coefficient (Wildman–Crippen LogP) is 4.65. The molecule has 16 heavy (non-hydrogen) atoms. The van der Waals surface area contributed by atoms with Gasteiger partial charge in [0, 0.05) is 12.4 Å². The van der Waals surface area contributed by atoms with E-state index < -0.39 is 0 Å². The minimum absolute atomic E-state index is 0.300. The molecule has 1 aromatic heterocycles. The highest BCUT2D eigenvalue weighted by Gasteiger charge is 2.30. The van der Waals surface area contributed by atoms with E-state index in [0.717, 1.165) is 0 Å². The van der Waals surface area contributed by atoms with E-state index >= 15 is 0 Å². The van der Waals surface area contributed by atoms with Crippen molar-refractivity contribution in [2.75, 3.05) is 0 Å². The molecule has 0 aromatic carbocycles. The zero-order valence-electron chi connectivity index (χ0n) is 11.5. The van der Waals surface area contributed by atoms with Gasteiger partial charge in [-0.2, -0.15) is 0 Å². The van der Waals surface area contributed by atoms with Crippen LogP contribution in [0.1, 0.15) is 59.4 Å². The lowest BCUT2D eigenvalue weighted by Crippen LogP contribution is -2.23. The van der Waals surface area contributed by atoms with E-state index in [9.17, 15) is 0 Å². The molecule has 0 aliphatic heterocycles. The first-order valence-electron chi connectivity index (χ1n) is 6.10. The van der Waals surface area contributed by atoms with Gasteiger partial charge in [0.05, 0.1) is 0 Å². The summed E-state index contributed by atoms with van der Waals surface area (Å²) in [7, 11) is 0. The van der Waals surface area contributed by atoms with E-state index in [-0.39, 0.29) is 0 Å². The van der Waals surface area contributed by atoms with Crippen molar-refractivity contribution in [3.05, 3.63) is 30.1 Å². The maximum Gasteiger partial charge on any atom is 0.0270 e. The highest BCUT2D eigenvalue weighted by Crippen LogP contribution is 2.42. The van der Waals surface area contributed by atoms with Gasteiger partial charge in [-0.15, -0.1) is 0 Å². The Morgan fingerprint density at radius 1 is 1.00 bits per heavy atom. The monoisotopic (exact) mass is 219 g/mol. The molecule has 0 spiro atoms. The third kappa shape index (κ3) is 3.96. The maximum atomic E-state index is 4.11. The molecule has 0 N–H and O–H groups in total. The van der Waals surface area contributed by atoms with Crippen LogP contribution in [0, 0.1) is 10.8 Å². The van der Waals surface area contributed by atoms with Crippen molar-refractivity contribution in [3.8, 4) is 0 Å². The van der Waals surface area contributed by atoms with Crippen LogP contribution in [0.15, 0.2) is 24.5 Å². The molecular formula is C15H25N. The Hall–Kier alpha value is -0.850. The Morgan fingerprint density at radius 2 is 1.50 bits per heavy atom. The minimum Gasteiger partial charge on any atom is -0.265 e. The van der Waals surface area contributed by atoms with Gasteiger partial charge in [0.2, 0.25) is 0 Å². The molecule has 0 saturated heterocycles. The van der Waals surface area contributed by atoms with Crippen LogP contribution in [-0.4, -0.2) is 4.98 Å². The second-order valence-corrected chi connectivity index (χ2v) is 6.96. The number of pyridine rings is 1. The summed E-state index contributed by atoms with van der Waals surface area (Å²) in [4.78, 5) is 4.11. The molecule has 0 bridgehead atoms. The van der Waals surface area contributed by atoms with Crippen molar-refractivity contribution < 1.29 is 0 Å². The average Bonchev–Trinajstić information content (AvgIpc) is 2.13. The fraction of sp³-hybridized carbons (Fsp3) is 0.667. The zero-order chi connectivity index (χ0) is 12.4. The van der Waals surface area contributed by atoms with Crippen LogP contribution in [0.4, 0.5) is 0 Å². The van der Waals surface area contributed by atoms with Crippen LogP contribution >= 0.6 is 0 Å². The van der Waals surface area contributed by atoms with Crippen molar-refractivity contribution in [2.24, 2.45) is 10.8 Å². The molecule has 0 radical (unpaired) electrons. The van der Waals surface area contributed by atoms with Crippen molar-refractivity contribution in [3.63, 3.8) is 0 Å². The van der Waals surface area contributed by atoms with Crippen LogP contribution in [0.2, 0.25) is 0 Å². The summed E-state index contributed by atoms with van der Waals surface area (Å²) in [6, 6.07) is 4.31. The fourth-order valence-corrected chi connectivity index (χ4v) is 2.13. The Morgan fingerprint density at radius 3 is 1.88 bits per heavy atom. The largest absolute Gasteiger partial charge is 0.265 e. The number of hydrogen-bond acceptors (Lipinski definition) is 1. The molecule has 1 atom stereocenters. The van der Waals surface area contributed by atoms with Crippen LogP contribution in [0.25, 0.3) is 0 Å². The summed E-state index contributed by atoms with van der Waals surface area (Å²) >= 11 is 0. The molecule has 0 fully saturated rings. The van der Waals surface area contributed by atoms with Crippen molar-refractivity contribution in [1.82, 2.24) is 4.98 Å². The van der Waals surface area contributed by atoms with Gasteiger partial charge in [0.1, 0.15) is 0 Å². The lowest BCUT2D eigenvalue weighted by molar-refractivity contribution is 0.229. The normalized spacial score (nSPS) is 14.9. The maximum absolute atomic E-state index is 4.11. The van der Waals surface area contributed by atoms with E-state index in [1.165, 1.54) is 12.0 Å². The zero-order valence-corrected chi connectivity index (χ0v) is 11.5. The van der Waals surface area contributed by atoms with Gasteiger partial charge >= 0.3 is 0 Å². The van der Waals surface area contributed by atoms with Gasteiger partial charge in [-0.3, -0.25) is 4.98 Å². The second kappa shape index (κ2) is 4.57. The topological polar surface area (TPSA) is 12.9 Å². The van der Waals surface area contributed by atoms with Gasteiger partial charge in [0.25, 0.3) is 0 Å². The summed E-state index contributed by atoms with van der Waals surface area (Å²) in [5.74, 6) is 0.593. The highest BCUT2D eigenvalue weighted by atomic mass is 14.6. The number of nitrogens with zero attached hydrogens (tertiary/aromatic N) is 1. The Kier molecular flexibility index (Phi) is 3.77. The first kappa shape index (κ1) is 13.2. The third-order valence-electron chi connectivity index (χ3n) is 2.97. The average molecular weight is 219 g/mol. The molecule has 1 heterocycles. The van der Waals surface area contributed by atoms with Crippen LogP contribution in [0.5, 0.6) is 0 Å². The molecule has 1 nitrogen and oxygen atoms in total. The van der Waals surface area contributed by atoms with Crippen molar-refractivity contribution >= 4 is 0 Å². The third-order valence-corrected chi connectivity index (χ3v) is 2.97. The summed E-state index contributed by atoms with van der Waals surface area (Å²) in [5.41, 5.74) is 2.08. The quantitative estimate of drug-likeness (QED) is 0.705. The van der Waals surface area contributed by atoms with Crippen molar-refractivity contribution in [1.29, 1.82) is 0 Å². The molecular weight excluding hydrogens is 194 g/mol. The van der Waals surface area contributed by atoms with E-state index in [4.69, 9.17) is 0 Å². The van der Waals surface area contributed by atoms with Gasteiger partial charge < -0.3 is 0 Å². The van der Waals surface area contributed by atoms with Gasteiger partial charge in [-0.1, -0.05) is 41.5 Å². The van der Waals surface area contributed by atoms with Crippen molar-refractivity contribution in [2.45, 2.75) is 53.9 Å². The number of hydrogen-bond donors (Lipinski definition) is 0. The molecule has 0 aliphatic rings.